The summed E-state index contributed by atoms with van der Waals surface area (Å²) in [6.45, 7) is 0. The molecule has 4 nitrogen and oxygen atoms in total. The minimum Gasteiger partial charge on any atom is -0.157 e. The van der Waals surface area contributed by atoms with Gasteiger partial charge in [-0.2, -0.15) is 20.5 Å². The lowest BCUT2D eigenvalue weighted by atomic mass is 10.2. The lowest BCUT2D eigenvalue weighted by molar-refractivity contribution is 0.518. The molecule has 2 aromatic rings. The van der Waals surface area contributed by atoms with Crippen molar-refractivity contribution in [3.05, 3.63) is 71.8 Å². The summed E-state index contributed by atoms with van der Waals surface area (Å²) in [5.74, 6) is 0. The topological polar surface area (TPSA) is 49.4 Å². The second-order valence-electron chi connectivity index (χ2n) is 4.03. The van der Waals surface area contributed by atoms with Gasteiger partial charge in [0.1, 0.15) is 0 Å². The van der Waals surface area contributed by atoms with Crippen molar-refractivity contribution >= 4 is 0 Å². The standard InChI is InChI=1S/C14H12N4/c1-3-7-11(8-4-1)13-15-17-14(18-16-13)12-9-5-2-6-10-12/h1-10,13-14H. The van der Waals surface area contributed by atoms with E-state index in [9.17, 15) is 0 Å². The average molecular weight is 236 g/mol. The maximum atomic E-state index is 4.22. The first-order valence-electron chi connectivity index (χ1n) is 5.83. The highest BCUT2D eigenvalue weighted by molar-refractivity contribution is 5.20. The highest BCUT2D eigenvalue weighted by Crippen LogP contribution is 2.30. The number of hydrogen-bond acceptors (Lipinski definition) is 4. The zero-order valence-electron chi connectivity index (χ0n) is 9.72. The maximum absolute atomic E-state index is 4.22. The molecule has 0 spiro atoms. The fourth-order valence-corrected chi connectivity index (χ4v) is 1.82. The number of azo groups is 2. The van der Waals surface area contributed by atoms with Gasteiger partial charge in [-0.05, 0) is 0 Å². The lowest BCUT2D eigenvalue weighted by Crippen LogP contribution is -1.99. The van der Waals surface area contributed by atoms with E-state index in [1.54, 1.807) is 0 Å². The quantitative estimate of drug-likeness (QED) is 0.746. The normalized spacial score (nSPS) is 22.0. The van der Waals surface area contributed by atoms with E-state index in [1.807, 2.05) is 60.7 Å². The van der Waals surface area contributed by atoms with Crippen LogP contribution < -0.4 is 0 Å². The fourth-order valence-electron chi connectivity index (χ4n) is 1.82. The van der Waals surface area contributed by atoms with Gasteiger partial charge in [-0.3, -0.25) is 0 Å². The molecule has 0 saturated heterocycles. The predicted octanol–water partition coefficient (Wildman–Crippen LogP) is 4.30. The molecule has 0 aliphatic carbocycles. The van der Waals surface area contributed by atoms with E-state index in [4.69, 9.17) is 0 Å². The van der Waals surface area contributed by atoms with Gasteiger partial charge in [0.15, 0.2) is 0 Å². The van der Waals surface area contributed by atoms with Gasteiger partial charge < -0.3 is 0 Å². The Morgan fingerprint density at radius 2 is 0.833 bits per heavy atom. The Kier molecular flexibility index (Phi) is 2.92. The van der Waals surface area contributed by atoms with Gasteiger partial charge in [-0.1, -0.05) is 60.7 Å². The van der Waals surface area contributed by atoms with Crippen LogP contribution in [0.15, 0.2) is 81.1 Å². The van der Waals surface area contributed by atoms with E-state index in [0.717, 1.165) is 11.1 Å². The van der Waals surface area contributed by atoms with Crippen molar-refractivity contribution in [3.8, 4) is 0 Å². The van der Waals surface area contributed by atoms with Gasteiger partial charge in [-0.25, -0.2) is 0 Å². The van der Waals surface area contributed by atoms with Gasteiger partial charge in [0.2, 0.25) is 12.3 Å². The Hall–Kier alpha value is -2.36. The van der Waals surface area contributed by atoms with Crippen molar-refractivity contribution in [3.63, 3.8) is 0 Å². The summed E-state index contributed by atoms with van der Waals surface area (Å²) in [7, 11) is 0. The Morgan fingerprint density at radius 1 is 0.500 bits per heavy atom. The third-order valence-electron chi connectivity index (χ3n) is 2.77. The molecule has 0 unspecified atom stereocenters. The van der Waals surface area contributed by atoms with Crippen LogP contribution in [0, 0.1) is 0 Å². The first-order valence-corrected chi connectivity index (χ1v) is 5.83. The monoisotopic (exact) mass is 236 g/mol. The Morgan fingerprint density at radius 3 is 1.17 bits per heavy atom. The second-order valence-corrected chi connectivity index (χ2v) is 4.03. The molecule has 4 heteroatoms. The zero-order valence-corrected chi connectivity index (χ0v) is 9.72. The molecule has 1 aliphatic rings. The number of benzene rings is 2. The molecular weight excluding hydrogens is 224 g/mol. The molecule has 1 aliphatic heterocycles. The van der Waals surface area contributed by atoms with Gasteiger partial charge >= 0.3 is 0 Å². The van der Waals surface area contributed by atoms with Crippen LogP contribution in [0.4, 0.5) is 0 Å². The second kappa shape index (κ2) is 4.87. The molecule has 18 heavy (non-hydrogen) atoms. The Bertz CT molecular complexity index is 497. The Balaban J connectivity index is 1.79. The molecule has 1 heterocycles. The molecule has 0 N–H and O–H groups in total. The van der Waals surface area contributed by atoms with Crippen LogP contribution in [-0.4, -0.2) is 0 Å². The SMILES string of the molecule is c1ccc(C2N=NC(c3ccccc3)N=N2)cc1. The minimum absolute atomic E-state index is 0.300. The van der Waals surface area contributed by atoms with Crippen molar-refractivity contribution in [1.29, 1.82) is 0 Å². The first-order chi connectivity index (χ1) is 8.93. The van der Waals surface area contributed by atoms with Gasteiger partial charge in [0.05, 0.1) is 0 Å². The number of rotatable bonds is 2. The summed E-state index contributed by atoms with van der Waals surface area (Å²) in [5, 5.41) is 16.9. The molecule has 3 rings (SSSR count). The number of hydrogen-bond donors (Lipinski definition) is 0. The summed E-state index contributed by atoms with van der Waals surface area (Å²) in [5.41, 5.74) is 2.02. The van der Waals surface area contributed by atoms with E-state index in [1.165, 1.54) is 0 Å². The van der Waals surface area contributed by atoms with Gasteiger partial charge in [0.25, 0.3) is 0 Å². The highest BCUT2D eigenvalue weighted by atomic mass is 15.4. The molecular formula is C14H12N4. The van der Waals surface area contributed by atoms with Gasteiger partial charge in [-0.15, -0.1) is 0 Å². The maximum Gasteiger partial charge on any atom is 0.206 e. The molecule has 0 bridgehead atoms. The van der Waals surface area contributed by atoms with Crippen LogP contribution >= 0.6 is 0 Å². The van der Waals surface area contributed by atoms with Gasteiger partial charge in [0, 0.05) is 11.1 Å². The summed E-state index contributed by atoms with van der Waals surface area (Å²) in [6, 6.07) is 19.7. The molecule has 0 amide bonds. The molecule has 88 valence electrons. The van der Waals surface area contributed by atoms with Crippen LogP contribution in [0.3, 0.4) is 0 Å². The molecule has 0 fully saturated rings. The van der Waals surface area contributed by atoms with E-state index in [-0.39, 0.29) is 12.3 Å². The lowest BCUT2D eigenvalue weighted by Gasteiger charge is -2.13. The van der Waals surface area contributed by atoms with Crippen LogP contribution in [-0.2, 0) is 0 Å². The average Bonchev–Trinajstić information content (AvgIpc) is 2.49. The van der Waals surface area contributed by atoms with E-state index in [2.05, 4.69) is 20.5 Å². The molecule has 2 aromatic carbocycles. The minimum atomic E-state index is -0.300. The molecule has 0 radical (unpaired) electrons. The summed E-state index contributed by atoms with van der Waals surface area (Å²) < 4.78 is 0. The van der Waals surface area contributed by atoms with Crippen molar-refractivity contribution in [2.75, 3.05) is 0 Å². The smallest absolute Gasteiger partial charge is 0.157 e. The largest absolute Gasteiger partial charge is 0.206 e. The van der Waals surface area contributed by atoms with Crippen LogP contribution in [0.25, 0.3) is 0 Å². The van der Waals surface area contributed by atoms with Crippen molar-refractivity contribution < 1.29 is 0 Å². The fraction of sp³-hybridized carbons (Fsp3) is 0.143. The van der Waals surface area contributed by atoms with Crippen LogP contribution in [0.2, 0.25) is 0 Å². The number of nitrogens with zero attached hydrogens (tertiary/aromatic N) is 4. The summed E-state index contributed by atoms with van der Waals surface area (Å²) in [4.78, 5) is 0. The third kappa shape index (κ3) is 2.18. The van der Waals surface area contributed by atoms with Crippen molar-refractivity contribution in [1.82, 2.24) is 0 Å². The van der Waals surface area contributed by atoms with Crippen molar-refractivity contribution in [2.45, 2.75) is 12.3 Å². The molecule has 0 saturated carbocycles. The molecule has 0 aromatic heterocycles. The first kappa shape index (κ1) is 10.8. The van der Waals surface area contributed by atoms with Crippen LogP contribution in [0.5, 0.6) is 0 Å². The van der Waals surface area contributed by atoms with E-state index in [0.29, 0.717) is 0 Å². The van der Waals surface area contributed by atoms with Crippen molar-refractivity contribution in [2.24, 2.45) is 20.5 Å². The van der Waals surface area contributed by atoms with E-state index >= 15 is 0 Å². The van der Waals surface area contributed by atoms with E-state index < -0.39 is 0 Å². The zero-order chi connectivity index (χ0) is 12.2. The molecule has 0 atom stereocenters. The predicted molar refractivity (Wildman–Crippen MR) is 68.1 cm³/mol. The Labute approximate surface area is 105 Å². The van der Waals surface area contributed by atoms with Crippen LogP contribution in [0.1, 0.15) is 23.5 Å². The summed E-state index contributed by atoms with van der Waals surface area (Å²) in [6.07, 6.45) is -0.600. The third-order valence-corrected chi connectivity index (χ3v) is 2.77. The highest BCUT2D eigenvalue weighted by Gasteiger charge is 2.17. The summed E-state index contributed by atoms with van der Waals surface area (Å²) >= 11 is 0.